The maximum Gasteiger partial charge on any atom is 0.336 e. The average molecular weight is 222 g/mol. The summed E-state index contributed by atoms with van der Waals surface area (Å²) in [6, 6.07) is 2.46. The summed E-state index contributed by atoms with van der Waals surface area (Å²) in [5.74, 6) is -2.92. The van der Waals surface area contributed by atoms with Crippen molar-refractivity contribution >= 4 is 17.7 Å². The predicted octanol–water partition coefficient (Wildman–Crippen LogP) is 1.59. The monoisotopic (exact) mass is 222 g/mol. The summed E-state index contributed by atoms with van der Waals surface area (Å²) in [5, 5.41) is 17.8. The first kappa shape index (κ1) is 11.9. The zero-order valence-corrected chi connectivity index (χ0v) is 8.77. The quantitative estimate of drug-likeness (QED) is 0.757. The van der Waals surface area contributed by atoms with Gasteiger partial charge in [-0.2, -0.15) is 0 Å². The molecule has 0 saturated carbocycles. The van der Waals surface area contributed by atoms with Crippen molar-refractivity contribution in [2.24, 2.45) is 0 Å². The smallest absolute Gasteiger partial charge is 0.336 e. The van der Waals surface area contributed by atoms with Crippen LogP contribution in [0.2, 0.25) is 0 Å². The lowest BCUT2D eigenvalue weighted by Gasteiger charge is -2.08. The third kappa shape index (κ3) is 1.93. The Labute approximate surface area is 91.3 Å². The molecule has 2 N–H and O–H groups in total. The van der Waals surface area contributed by atoms with Crippen LogP contribution >= 0.6 is 0 Å². The SMILES string of the molecule is CC(=O)c1ccc(C(=O)O)c(C)c1C(=O)O. The maximum absolute atomic E-state index is 11.2. The third-order valence-electron chi connectivity index (χ3n) is 2.29. The van der Waals surface area contributed by atoms with Crippen LogP contribution in [0.4, 0.5) is 0 Å². The number of hydrogen-bond acceptors (Lipinski definition) is 3. The normalized spacial score (nSPS) is 9.88. The fraction of sp³-hybridized carbons (Fsp3) is 0.182. The molecule has 0 aliphatic heterocycles. The summed E-state index contributed by atoms with van der Waals surface area (Å²) < 4.78 is 0. The van der Waals surface area contributed by atoms with Gasteiger partial charge < -0.3 is 10.2 Å². The molecule has 0 aromatic heterocycles. The van der Waals surface area contributed by atoms with Gasteiger partial charge in [0, 0.05) is 5.56 Å². The van der Waals surface area contributed by atoms with Crippen LogP contribution < -0.4 is 0 Å². The van der Waals surface area contributed by atoms with E-state index in [1.807, 2.05) is 0 Å². The van der Waals surface area contributed by atoms with Crippen molar-refractivity contribution in [2.45, 2.75) is 13.8 Å². The first-order valence-electron chi connectivity index (χ1n) is 4.47. The lowest BCUT2D eigenvalue weighted by Crippen LogP contribution is -2.12. The molecule has 0 saturated heterocycles. The Balaban J connectivity index is 3.60. The highest BCUT2D eigenvalue weighted by Crippen LogP contribution is 2.19. The van der Waals surface area contributed by atoms with Crippen molar-refractivity contribution in [2.75, 3.05) is 0 Å². The zero-order valence-electron chi connectivity index (χ0n) is 8.77. The highest BCUT2D eigenvalue weighted by atomic mass is 16.4. The number of ketones is 1. The lowest BCUT2D eigenvalue weighted by atomic mass is 9.95. The fourth-order valence-corrected chi connectivity index (χ4v) is 1.51. The number of hydrogen-bond donors (Lipinski definition) is 2. The second-order valence-electron chi connectivity index (χ2n) is 3.33. The van der Waals surface area contributed by atoms with E-state index in [4.69, 9.17) is 10.2 Å². The minimum atomic E-state index is -1.30. The molecule has 0 spiro atoms. The van der Waals surface area contributed by atoms with Gasteiger partial charge in [0.15, 0.2) is 5.78 Å². The van der Waals surface area contributed by atoms with Crippen LogP contribution in [0.5, 0.6) is 0 Å². The van der Waals surface area contributed by atoms with Crippen LogP contribution in [0.25, 0.3) is 0 Å². The molecule has 0 heterocycles. The summed E-state index contributed by atoms with van der Waals surface area (Å²) >= 11 is 0. The van der Waals surface area contributed by atoms with Crippen molar-refractivity contribution in [3.63, 3.8) is 0 Å². The van der Waals surface area contributed by atoms with E-state index in [1.54, 1.807) is 0 Å². The van der Waals surface area contributed by atoms with E-state index in [0.717, 1.165) is 0 Å². The number of carboxylic acids is 2. The van der Waals surface area contributed by atoms with Gasteiger partial charge in [0.25, 0.3) is 0 Å². The van der Waals surface area contributed by atoms with Crippen molar-refractivity contribution in [1.82, 2.24) is 0 Å². The minimum Gasteiger partial charge on any atom is -0.478 e. The van der Waals surface area contributed by atoms with Crippen LogP contribution in [0.1, 0.15) is 43.6 Å². The highest BCUT2D eigenvalue weighted by Gasteiger charge is 2.20. The summed E-state index contributed by atoms with van der Waals surface area (Å²) in [5.41, 5.74) is -0.238. The van der Waals surface area contributed by atoms with E-state index in [2.05, 4.69) is 0 Å². The van der Waals surface area contributed by atoms with Crippen LogP contribution in [0.15, 0.2) is 12.1 Å². The minimum absolute atomic E-state index is 0.0231. The topological polar surface area (TPSA) is 91.7 Å². The Hall–Kier alpha value is -2.17. The molecule has 0 aliphatic carbocycles. The number of carboxylic acid groups (broad SMARTS) is 2. The van der Waals surface area contributed by atoms with Gasteiger partial charge in [-0.3, -0.25) is 4.79 Å². The number of benzene rings is 1. The first-order chi connectivity index (χ1) is 7.36. The van der Waals surface area contributed by atoms with Crippen LogP contribution in [-0.2, 0) is 0 Å². The number of carbonyl (C=O) groups excluding carboxylic acids is 1. The van der Waals surface area contributed by atoms with E-state index >= 15 is 0 Å². The van der Waals surface area contributed by atoms with Crippen molar-refractivity contribution in [3.8, 4) is 0 Å². The van der Waals surface area contributed by atoms with Crippen molar-refractivity contribution < 1.29 is 24.6 Å². The molecule has 16 heavy (non-hydrogen) atoms. The van der Waals surface area contributed by atoms with E-state index < -0.39 is 17.7 Å². The van der Waals surface area contributed by atoms with Crippen LogP contribution in [-0.4, -0.2) is 27.9 Å². The third-order valence-corrected chi connectivity index (χ3v) is 2.29. The van der Waals surface area contributed by atoms with E-state index in [1.165, 1.54) is 26.0 Å². The Bertz CT molecular complexity index is 487. The van der Waals surface area contributed by atoms with Crippen LogP contribution in [0.3, 0.4) is 0 Å². The summed E-state index contributed by atoms with van der Waals surface area (Å²) in [4.78, 5) is 33.0. The van der Waals surface area contributed by atoms with Gasteiger partial charge in [0.05, 0.1) is 11.1 Å². The summed E-state index contributed by atoms with van der Waals surface area (Å²) in [7, 11) is 0. The molecule has 1 rings (SSSR count). The molecule has 0 fully saturated rings. The number of Topliss-reactive ketones (excluding diaryl/α,β-unsaturated/α-hetero) is 1. The van der Waals surface area contributed by atoms with E-state index in [9.17, 15) is 14.4 Å². The Morgan fingerprint density at radius 3 is 1.88 bits per heavy atom. The summed E-state index contributed by atoms with van der Waals surface area (Å²) in [6.07, 6.45) is 0. The number of carbonyl (C=O) groups is 3. The Kier molecular flexibility index (Phi) is 3.08. The molecular formula is C11H10O5. The molecular weight excluding hydrogens is 212 g/mol. The largest absolute Gasteiger partial charge is 0.478 e. The zero-order chi connectivity index (χ0) is 12.5. The highest BCUT2D eigenvalue weighted by molar-refractivity contribution is 6.07. The molecule has 1 aromatic carbocycles. The molecule has 0 unspecified atom stereocenters. The molecule has 0 amide bonds. The summed E-state index contributed by atoms with van der Waals surface area (Å²) in [6.45, 7) is 2.61. The van der Waals surface area contributed by atoms with Crippen LogP contribution in [0, 0.1) is 6.92 Å². The van der Waals surface area contributed by atoms with Gasteiger partial charge in [-0.05, 0) is 31.5 Å². The van der Waals surface area contributed by atoms with Crippen molar-refractivity contribution in [1.29, 1.82) is 0 Å². The van der Waals surface area contributed by atoms with Crippen molar-refractivity contribution in [3.05, 3.63) is 34.4 Å². The molecule has 0 bridgehead atoms. The Morgan fingerprint density at radius 2 is 1.50 bits per heavy atom. The molecule has 5 nitrogen and oxygen atoms in total. The standard InChI is InChI=1S/C11H10O5/c1-5-7(10(13)14)3-4-8(6(2)12)9(5)11(15)16/h3-4H,1-2H3,(H,13,14)(H,15,16). The number of aromatic carboxylic acids is 2. The molecule has 0 radical (unpaired) electrons. The molecule has 5 heteroatoms. The second-order valence-corrected chi connectivity index (χ2v) is 3.33. The average Bonchev–Trinajstić information content (AvgIpc) is 2.15. The Morgan fingerprint density at radius 1 is 1.00 bits per heavy atom. The van der Waals surface area contributed by atoms with Gasteiger partial charge in [-0.1, -0.05) is 0 Å². The van der Waals surface area contributed by atoms with Gasteiger partial charge >= 0.3 is 11.9 Å². The molecule has 84 valence electrons. The van der Waals surface area contributed by atoms with E-state index in [-0.39, 0.29) is 22.3 Å². The lowest BCUT2D eigenvalue weighted by molar-refractivity contribution is 0.0691. The predicted molar refractivity (Wildman–Crippen MR) is 55.1 cm³/mol. The second kappa shape index (κ2) is 4.14. The van der Waals surface area contributed by atoms with Gasteiger partial charge in [0.1, 0.15) is 0 Å². The first-order valence-corrected chi connectivity index (χ1v) is 4.47. The molecule has 0 aliphatic rings. The maximum atomic E-state index is 11.2. The molecule has 1 aromatic rings. The fourth-order valence-electron chi connectivity index (χ4n) is 1.51. The van der Waals surface area contributed by atoms with Gasteiger partial charge in [-0.15, -0.1) is 0 Å². The molecule has 0 atom stereocenters. The van der Waals surface area contributed by atoms with E-state index in [0.29, 0.717) is 0 Å². The number of rotatable bonds is 3. The van der Waals surface area contributed by atoms with Gasteiger partial charge in [0.2, 0.25) is 0 Å². The van der Waals surface area contributed by atoms with Gasteiger partial charge in [-0.25, -0.2) is 9.59 Å².